The number of nitrogens with zero attached hydrogens (tertiary/aromatic N) is 2. The molecule has 1 aromatic heterocycles. The first-order valence-corrected chi connectivity index (χ1v) is 13.0. The van der Waals surface area contributed by atoms with Crippen molar-refractivity contribution in [1.29, 1.82) is 0 Å². The Bertz CT molecular complexity index is 1200. The molecule has 9 heteroatoms. The van der Waals surface area contributed by atoms with E-state index < -0.39 is 15.1 Å². The number of aromatic nitrogens is 2. The topological polar surface area (TPSA) is 81.1 Å². The highest BCUT2D eigenvalue weighted by Crippen LogP contribution is 2.34. The van der Waals surface area contributed by atoms with Crippen molar-refractivity contribution in [2.75, 3.05) is 11.5 Å². The van der Waals surface area contributed by atoms with Crippen LogP contribution < -0.4 is 5.32 Å². The number of imidazole rings is 1. The second kappa shape index (κ2) is 9.06. The Kier molecular flexibility index (Phi) is 6.41. The summed E-state index contributed by atoms with van der Waals surface area (Å²) in [5.41, 5.74) is 2.62. The Morgan fingerprint density at radius 3 is 2.58 bits per heavy atom. The predicted octanol–water partition coefficient (Wildman–Crippen LogP) is 3.98. The molecule has 6 nitrogen and oxygen atoms in total. The average molecular weight is 476 g/mol. The van der Waals surface area contributed by atoms with E-state index in [2.05, 4.69) is 10.3 Å². The van der Waals surface area contributed by atoms with Crippen molar-refractivity contribution >= 4 is 39.1 Å². The van der Waals surface area contributed by atoms with Crippen molar-refractivity contribution in [3.63, 3.8) is 0 Å². The van der Waals surface area contributed by atoms with Crippen LogP contribution >= 0.6 is 23.4 Å². The quantitative estimate of drug-likeness (QED) is 0.545. The molecule has 2 heterocycles. The van der Waals surface area contributed by atoms with Crippen molar-refractivity contribution in [2.24, 2.45) is 0 Å². The van der Waals surface area contributed by atoms with Gasteiger partial charge in [0, 0.05) is 11.6 Å². The van der Waals surface area contributed by atoms with Crippen LogP contribution in [0.5, 0.6) is 0 Å². The number of amides is 1. The Morgan fingerprint density at radius 2 is 1.90 bits per heavy atom. The van der Waals surface area contributed by atoms with Crippen LogP contribution in [0.2, 0.25) is 5.02 Å². The number of halogens is 1. The number of hydrogen-bond donors (Lipinski definition) is 1. The average Bonchev–Trinajstić information content (AvgIpc) is 3.31. The maximum absolute atomic E-state index is 12.7. The lowest BCUT2D eigenvalue weighted by Crippen LogP contribution is -2.40. The molecule has 3 aromatic rings. The zero-order valence-electron chi connectivity index (χ0n) is 16.9. The third kappa shape index (κ3) is 4.97. The van der Waals surface area contributed by atoms with E-state index in [9.17, 15) is 13.2 Å². The molecule has 0 radical (unpaired) electrons. The van der Waals surface area contributed by atoms with Gasteiger partial charge in [-0.15, -0.1) is 0 Å². The highest BCUT2D eigenvalue weighted by molar-refractivity contribution is 8.00. The molecule has 0 spiro atoms. The molecule has 31 heavy (non-hydrogen) atoms. The van der Waals surface area contributed by atoms with Crippen LogP contribution in [-0.2, 0) is 14.6 Å². The molecule has 1 saturated heterocycles. The summed E-state index contributed by atoms with van der Waals surface area (Å²) in [7, 11) is -3.05. The third-order valence-corrected chi connectivity index (χ3v) is 8.28. The molecule has 0 unspecified atom stereocenters. The predicted molar refractivity (Wildman–Crippen MR) is 125 cm³/mol. The summed E-state index contributed by atoms with van der Waals surface area (Å²) in [6, 6.07) is 17.0. The van der Waals surface area contributed by atoms with Gasteiger partial charge in [0.05, 0.1) is 39.4 Å². The van der Waals surface area contributed by atoms with E-state index in [4.69, 9.17) is 11.6 Å². The van der Waals surface area contributed by atoms with Gasteiger partial charge in [0.25, 0.3) is 0 Å². The Labute approximate surface area is 190 Å². The molecule has 0 bridgehead atoms. The second-order valence-corrected chi connectivity index (χ2v) is 11.4. The summed E-state index contributed by atoms with van der Waals surface area (Å²) in [6.07, 6.45) is 2.23. The van der Waals surface area contributed by atoms with Crippen molar-refractivity contribution in [2.45, 2.75) is 29.8 Å². The van der Waals surface area contributed by atoms with E-state index >= 15 is 0 Å². The number of nitrogens with one attached hydrogen (secondary N) is 1. The van der Waals surface area contributed by atoms with Gasteiger partial charge < -0.3 is 5.32 Å². The smallest absolute Gasteiger partial charge is 0.233 e. The first-order chi connectivity index (χ1) is 14.8. The zero-order chi connectivity index (χ0) is 22.0. The summed E-state index contributed by atoms with van der Waals surface area (Å²) in [5.74, 6) is -0.0821. The number of para-hydroxylation sites is 1. The van der Waals surface area contributed by atoms with Crippen LogP contribution in [-0.4, -0.2) is 46.7 Å². The summed E-state index contributed by atoms with van der Waals surface area (Å²) >= 11 is 7.80. The van der Waals surface area contributed by atoms with Gasteiger partial charge in [-0.3, -0.25) is 9.36 Å². The zero-order valence-corrected chi connectivity index (χ0v) is 19.3. The van der Waals surface area contributed by atoms with Crippen LogP contribution in [0.25, 0.3) is 16.9 Å². The maximum Gasteiger partial charge on any atom is 0.233 e. The van der Waals surface area contributed by atoms with E-state index in [1.54, 1.807) is 13.1 Å². The first-order valence-electron chi connectivity index (χ1n) is 9.89. The number of carbonyl (C=O) groups is 1. The van der Waals surface area contributed by atoms with E-state index in [0.717, 1.165) is 16.9 Å². The fourth-order valence-corrected chi connectivity index (χ4v) is 6.34. The molecular weight excluding hydrogens is 454 g/mol. The van der Waals surface area contributed by atoms with Gasteiger partial charge >= 0.3 is 0 Å². The summed E-state index contributed by atoms with van der Waals surface area (Å²) < 4.78 is 25.3. The van der Waals surface area contributed by atoms with E-state index in [-0.39, 0.29) is 23.5 Å². The molecule has 2 atom stereocenters. The molecule has 2 aromatic carbocycles. The van der Waals surface area contributed by atoms with Crippen LogP contribution in [0, 0.1) is 0 Å². The summed E-state index contributed by atoms with van der Waals surface area (Å²) in [5, 5.41) is 3.61. The molecule has 162 valence electrons. The molecule has 1 amide bonds. The summed E-state index contributed by atoms with van der Waals surface area (Å²) in [4.78, 5) is 17.3. The number of rotatable bonds is 6. The largest absolute Gasteiger partial charge is 0.351 e. The van der Waals surface area contributed by atoms with E-state index in [1.807, 2.05) is 59.2 Å². The standard InChI is InChI=1S/C22H22ClN3O3S2/c1-15(21(27)25-17-11-12-31(28,29)14-17)30-22-24-13-20(16-7-3-2-4-8-16)26(22)19-10-6-5-9-18(19)23/h2-10,13,15,17H,11-12,14H2,1H3,(H,25,27)/t15-,17-/m0/s1. The van der Waals surface area contributed by atoms with Gasteiger partial charge in [0.1, 0.15) is 0 Å². The van der Waals surface area contributed by atoms with Crippen molar-refractivity contribution in [1.82, 2.24) is 14.9 Å². The second-order valence-electron chi connectivity index (χ2n) is 7.45. The van der Waals surface area contributed by atoms with Gasteiger partial charge in [0.2, 0.25) is 5.91 Å². The Balaban J connectivity index is 1.62. The molecule has 0 aliphatic carbocycles. The highest BCUT2D eigenvalue weighted by Gasteiger charge is 2.30. The van der Waals surface area contributed by atoms with Crippen molar-refractivity contribution in [3.05, 3.63) is 65.8 Å². The highest BCUT2D eigenvalue weighted by atomic mass is 35.5. The SMILES string of the molecule is C[C@H](Sc1ncc(-c2ccccc2)n1-c1ccccc1Cl)C(=O)N[C@H]1CCS(=O)(=O)C1. The summed E-state index contributed by atoms with van der Waals surface area (Å²) in [6.45, 7) is 1.79. The molecule has 0 saturated carbocycles. The Morgan fingerprint density at radius 1 is 1.19 bits per heavy atom. The normalized spacial score (nSPS) is 18.6. The third-order valence-electron chi connectivity index (χ3n) is 5.12. The maximum atomic E-state index is 12.7. The minimum atomic E-state index is -3.05. The van der Waals surface area contributed by atoms with E-state index in [1.165, 1.54) is 11.8 Å². The van der Waals surface area contributed by atoms with Crippen LogP contribution in [0.4, 0.5) is 0 Å². The number of benzene rings is 2. The van der Waals surface area contributed by atoms with E-state index in [0.29, 0.717) is 16.6 Å². The van der Waals surface area contributed by atoms with Crippen LogP contribution in [0.3, 0.4) is 0 Å². The van der Waals surface area contributed by atoms with Crippen LogP contribution in [0.1, 0.15) is 13.3 Å². The minimum absolute atomic E-state index is 0.00251. The minimum Gasteiger partial charge on any atom is -0.351 e. The fraction of sp³-hybridized carbons (Fsp3) is 0.273. The molecular formula is C22H22ClN3O3S2. The molecule has 4 rings (SSSR count). The molecule has 1 fully saturated rings. The van der Waals surface area contributed by atoms with Gasteiger partial charge in [-0.2, -0.15) is 0 Å². The molecule has 1 aliphatic rings. The lowest BCUT2D eigenvalue weighted by Gasteiger charge is -2.17. The number of hydrogen-bond acceptors (Lipinski definition) is 5. The number of carbonyl (C=O) groups excluding carboxylic acids is 1. The number of sulfone groups is 1. The number of thioether (sulfide) groups is 1. The monoisotopic (exact) mass is 475 g/mol. The van der Waals surface area contributed by atoms with Gasteiger partial charge in [-0.1, -0.05) is 65.8 Å². The lowest BCUT2D eigenvalue weighted by atomic mass is 10.1. The molecule has 1 aliphatic heterocycles. The van der Waals surface area contributed by atoms with Crippen LogP contribution in [0.15, 0.2) is 66.0 Å². The van der Waals surface area contributed by atoms with Crippen molar-refractivity contribution in [3.8, 4) is 16.9 Å². The van der Waals surface area contributed by atoms with Crippen molar-refractivity contribution < 1.29 is 13.2 Å². The Hall–Kier alpha value is -2.29. The lowest BCUT2D eigenvalue weighted by molar-refractivity contribution is -0.120. The molecule has 1 N–H and O–H groups in total. The van der Waals surface area contributed by atoms with Gasteiger partial charge in [-0.05, 0) is 25.5 Å². The van der Waals surface area contributed by atoms with Gasteiger partial charge in [0.15, 0.2) is 15.0 Å². The van der Waals surface area contributed by atoms with Gasteiger partial charge in [-0.25, -0.2) is 13.4 Å². The fourth-order valence-electron chi connectivity index (χ4n) is 3.54. The first kappa shape index (κ1) is 21.9.